The van der Waals surface area contributed by atoms with E-state index in [2.05, 4.69) is 5.32 Å². The Morgan fingerprint density at radius 1 is 1.20 bits per heavy atom. The number of carbonyl (C=O) groups is 3. The molecule has 1 rings (SSSR count). The molecule has 8 nitrogen and oxygen atoms in total. The Morgan fingerprint density at radius 3 is 2.10 bits per heavy atom. The number of Topliss-reactive ketones (excluding diaryl/α,β-unsaturated/α-hetero) is 2. The van der Waals surface area contributed by atoms with E-state index in [0.717, 1.165) is 20.8 Å². The fourth-order valence-electron chi connectivity index (χ4n) is 2.27. The number of ether oxygens (including phenoxy) is 2. The van der Waals surface area contributed by atoms with E-state index in [-0.39, 0.29) is 0 Å². The average Bonchev–Trinajstić information content (AvgIpc) is 2.34. The van der Waals surface area contributed by atoms with Gasteiger partial charge in [-0.3, -0.25) is 14.4 Å². The van der Waals surface area contributed by atoms with Crippen molar-refractivity contribution >= 4 is 17.5 Å². The molecule has 114 valence electrons. The third-order valence-corrected chi connectivity index (χ3v) is 3.47. The van der Waals surface area contributed by atoms with Crippen molar-refractivity contribution in [3.05, 3.63) is 0 Å². The van der Waals surface area contributed by atoms with Crippen LogP contribution in [0.25, 0.3) is 0 Å². The predicted molar refractivity (Wildman–Crippen MR) is 65.6 cm³/mol. The van der Waals surface area contributed by atoms with Crippen LogP contribution in [0.2, 0.25) is 0 Å². The Morgan fingerprint density at radius 2 is 1.75 bits per heavy atom. The van der Waals surface area contributed by atoms with E-state index in [0.29, 0.717) is 0 Å². The molecule has 0 radical (unpaired) electrons. The molecule has 0 aromatic heterocycles. The van der Waals surface area contributed by atoms with Crippen LogP contribution in [0.5, 0.6) is 0 Å². The lowest BCUT2D eigenvalue weighted by molar-refractivity contribution is -0.287. The van der Waals surface area contributed by atoms with Crippen molar-refractivity contribution in [3.63, 3.8) is 0 Å². The van der Waals surface area contributed by atoms with Gasteiger partial charge in [-0.2, -0.15) is 0 Å². The van der Waals surface area contributed by atoms with E-state index < -0.39 is 47.6 Å². The molecule has 8 heteroatoms. The van der Waals surface area contributed by atoms with E-state index in [1.54, 1.807) is 0 Å². The quantitative estimate of drug-likeness (QED) is 0.554. The predicted octanol–water partition coefficient (Wildman–Crippen LogP) is -1.87. The van der Waals surface area contributed by atoms with Crippen molar-refractivity contribution in [1.29, 1.82) is 0 Å². The second-order valence-electron chi connectivity index (χ2n) is 4.87. The smallest absolute Gasteiger partial charge is 0.217 e. The molecular weight excluding hydrogens is 270 g/mol. The van der Waals surface area contributed by atoms with Gasteiger partial charge in [0.25, 0.3) is 0 Å². The molecule has 3 N–H and O–H groups in total. The lowest BCUT2D eigenvalue weighted by Gasteiger charge is -2.49. The van der Waals surface area contributed by atoms with Crippen LogP contribution in [-0.4, -0.2) is 64.9 Å². The third kappa shape index (κ3) is 2.47. The Hall–Kier alpha value is -1.35. The van der Waals surface area contributed by atoms with Crippen molar-refractivity contribution in [3.8, 4) is 0 Å². The number of aliphatic hydroxyl groups is 2. The number of hydrogen-bond donors (Lipinski definition) is 3. The molecule has 0 unspecified atom stereocenters. The molecule has 1 heterocycles. The Kier molecular flexibility index (Phi) is 4.65. The summed E-state index contributed by atoms with van der Waals surface area (Å²) in [7, 11) is 1.20. The van der Waals surface area contributed by atoms with Gasteiger partial charge in [0.1, 0.15) is 6.04 Å². The molecule has 0 spiro atoms. The highest BCUT2D eigenvalue weighted by molar-refractivity contribution is 5.93. The molecule has 0 aromatic carbocycles. The lowest BCUT2D eigenvalue weighted by atomic mass is 9.74. The number of methoxy groups -OCH3 is 1. The number of ketones is 2. The Balaban J connectivity index is 3.39. The minimum atomic E-state index is -2.38. The number of rotatable bonds is 4. The van der Waals surface area contributed by atoms with Crippen LogP contribution in [-0.2, 0) is 23.9 Å². The van der Waals surface area contributed by atoms with Gasteiger partial charge in [0.05, 0.1) is 6.61 Å². The third-order valence-electron chi connectivity index (χ3n) is 3.47. The lowest BCUT2D eigenvalue weighted by Crippen LogP contribution is -2.78. The maximum absolute atomic E-state index is 11.8. The first-order valence-electron chi connectivity index (χ1n) is 5.99. The first-order valence-corrected chi connectivity index (χ1v) is 5.99. The first kappa shape index (κ1) is 16.7. The number of hydrogen-bond acceptors (Lipinski definition) is 7. The summed E-state index contributed by atoms with van der Waals surface area (Å²) in [5.74, 6) is -2.17. The van der Waals surface area contributed by atoms with Gasteiger partial charge in [0, 0.05) is 14.0 Å². The van der Waals surface area contributed by atoms with Crippen molar-refractivity contribution in [2.45, 2.75) is 44.3 Å². The molecular formula is C12H19NO7. The van der Waals surface area contributed by atoms with Gasteiger partial charge in [-0.25, -0.2) is 0 Å². The highest BCUT2D eigenvalue weighted by Crippen LogP contribution is 2.34. The number of carbonyl (C=O) groups excluding carboxylic acids is 3. The molecule has 1 amide bonds. The van der Waals surface area contributed by atoms with Crippen LogP contribution >= 0.6 is 0 Å². The van der Waals surface area contributed by atoms with Crippen LogP contribution in [0, 0.1) is 0 Å². The SMILES string of the molecule is CO[C@H]1OC[C@](O)(C(C)=O)[C@@H](NC(C)=O)[C@]1(O)C(C)=O. The summed E-state index contributed by atoms with van der Waals surface area (Å²) in [5.41, 5.74) is -4.60. The summed E-state index contributed by atoms with van der Waals surface area (Å²) in [6, 6.07) is -1.57. The summed E-state index contributed by atoms with van der Waals surface area (Å²) < 4.78 is 9.96. The maximum Gasteiger partial charge on any atom is 0.217 e. The van der Waals surface area contributed by atoms with Crippen LogP contribution < -0.4 is 5.32 Å². The first-order chi connectivity index (χ1) is 9.10. The van der Waals surface area contributed by atoms with Gasteiger partial charge < -0.3 is 25.0 Å². The second kappa shape index (κ2) is 5.57. The summed E-state index contributed by atoms with van der Waals surface area (Å²) >= 11 is 0. The highest BCUT2D eigenvalue weighted by Gasteiger charge is 2.63. The zero-order chi connectivity index (χ0) is 15.7. The van der Waals surface area contributed by atoms with E-state index in [1.807, 2.05) is 0 Å². The molecule has 0 saturated carbocycles. The molecule has 0 aromatic rings. The fourth-order valence-corrected chi connectivity index (χ4v) is 2.27. The topological polar surface area (TPSA) is 122 Å². The maximum atomic E-state index is 11.8. The van der Waals surface area contributed by atoms with Crippen molar-refractivity contribution in [2.24, 2.45) is 0 Å². The summed E-state index contributed by atoms with van der Waals surface area (Å²) in [5, 5.41) is 23.2. The summed E-state index contributed by atoms with van der Waals surface area (Å²) in [6.45, 7) is 2.75. The minimum Gasteiger partial charge on any atom is -0.377 e. The molecule has 4 atom stereocenters. The van der Waals surface area contributed by atoms with E-state index in [1.165, 1.54) is 7.11 Å². The van der Waals surface area contributed by atoms with Crippen LogP contribution in [0.1, 0.15) is 20.8 Å². The highest BCUT2D eigenvalue weighted by atomic mass is 16.7. The van der Waals surface area contributed by atoms with Crippen molar-refractivity contribution in [1.82, 2.24) is 5.32 Å². The van der Waals surface area contributed by atoms with Crippen LogP contribution in [0.4, 0.5) is 0 Å². The Labute approximate surface area is 116 Å². The van der Waals surface area contributed by atoms with Crippen molar-refractivity contribution in [2.75, 3.05) is 13.7 Å². The summed E-state index contributed by atoms with van der Waals surface area (Å²) in [6.07, 6.45) is -1.41. The van der Waals surface area contributed by atoms with Gasteiger partial charge >= 0.3 is 0 Å². The molecule has 1 saturated heterocycles. The van der Waals surface area contributed by atoms with Gasteiger partial charge in [0.15, 0.2) is 29.1 Å². The van der Waals surface area contributed by atoms with Gasteiger partial charge in [-0.1, -0.05) is 0 Å². The zero-order valence-corrected chi connectivity index (χ0v) is 11.8. The number of nitrogens with one attached hydrogen (secondary N) is 1. The van der Waals surface area contributed by atoms with E-state index in [9.17, 15) is 24.6 Å². The molecule has 0 aliphatic carbocycles. The number of amides is 1. The molecule has 1 aliphatic heterocycles. The molecule has 1 aliphatic rings. The zero-order valence-electron chi connectivity index (χ0n) is 11.8. The van der Waals surface area contributed by atoms with Gasteiger partial charge in [0.2, 0.25) is 5.91 Å². The standard InChI is InChI=1S/C12H19NO7/c1-6(14)11(17)5-20-10(19-4)12(18,7(2)15)9(11)13-8(3)16/h9-10,17-18H,5H2,1-4H3,(H,13,16)/t9-,10+,11+,12-/m1/s1. The summed E-state index contributed by atoms with van der Waals surface area (Å²) in [4.78, 5) is 34.8. The van der Waals surface area contributed by atoms with E-state index in [4.69, 9.17) is 9.47 Å². The van der Waals surface area contributed by atoms with Gasteiger partial charge in [-0.15, -0.1) is 0 Å². The second-order valence-corrected chi connectivity index (χ2v) is 4.87. The Bertz CT molecular complexity index is 438. The monoisotopic (exact) mass is 289 g/mol. The minimum absolute atomic E-state index is 0.513. The van der Waals surface area contributed by atoms with Gasteiger partial charge in [-0.05, 0) is 13.8 Å². The molecule has 1 fully saturated rings. The van der Waals surface area contributed by atoms with Crippen LogP contribution in [0.3, 0.4) is 0 Å². The molecule has 0 bridgehead atoms. The van der Waals surface area contributed by atoms with E-state index >= 15 is 0 Å². The normalized spacial score (nSPS) is 37.3. The average molecular weight is 289 g/mol. The largest absolute Gasteiger partial charge is 0.377 e. The fraction of sp³-hybridized carbons (Fsp3) is 0.750. The van der Waals surface area contributed by atoms with Crippen LogP contribution in [0.15, 0.2) is 0 Å². The molecule has 20 heavy (non-hydrogen) atoms. The van der Waals surface area contributed by atoms with Crippen molar-refractivity contribution < 1.29 is 34.1 Å².